The van der Waals surface area contributed by atoms with E-state index in [1.165, 1.54) is 0 Å². The Morgan fingerprint density at radius 2 is 1.93 bits per heavy atom. The molecule has 6 nitrogen and oxygen atoms in total. The second kappa shape index (κ2) is 7.19. The summed E-state index contributed by atoms with van der Waals surface area (Å²) in [5.41, 5.74) is 10.1. The molecule has 0 rings (SSSR count). The molecule has 0 heterocycles. The summed E-state index contributed by atoms with van der Waals surface area (Å²) in [6.07, 6.45) is 0.279. The molecule has 5 N–H and O–H groups in total. The molecule has 2 atom stereocenters. The molecule has 15 heavy (non-hydrogen) atoms. The molecule has 0 aromatic rings. The van der Waals surface area contributed by atoms with Crippen molar-refractivity contribution in [3.8, 4) is 0 Å². The largest absolute Gasteiger partial charge is 0.370 e. The first-order chi connectivity index (χ1) is 7.01. The third kappa shape index (κ3) is 6.03. The number of nitrogens with two attached hydrogens (primary N) is 2. The molecular formula is C9H19N3O3. The lowest BCUT2D eigenvalue weighted by Crippen LogP contribution is -2.49. The first kappa shape index (κ1) is 13.9. The van der Waals surface area contributed by atoms with Crippen molar-refractivity contribution in [1.82, 2.24) is 5.32 Å². The van der Waals surface area contributed by atoms with E-state index >= 15 is 0 Å². The predicted octanol–water partition coefficient (Wildman–Crippen LogP) is -0.922. The summed E-state index contributed by atoms with van der Waals surface area (Å²) in [6, 6.07) is -0.765. The van der Waals surface area contributed by atoms with Gasteiger partial charge in [0, 0.05) is 6.61 Å². The third-order valence-corrected chi connectivity index (χ3v) is 1.87. The average molecular weight is 217 g/mol. The zero-order valence-corrected chi connectivity index (χ0v) is 9.16. The van der Waals surface area contributed by atoms with Gasteiger partial charge in [-0.05, 0) is 13.3 Å². The molecule has 1 unspecified atom stereocenters. The molecule has 6 heteroatoms. The standard InChI is InChI=1S/C9H19N3O3/c1-3-8(15-4-2)12-6(9(11)14)5-7(10)13/h6,8,12H,3-5H2,1-2H3,(H2,10,13)(H2,11,14)/t6-,8?/m0/s1. The second-order valence-corrected chi connectivity index (χ2v) is 3.14. The highest BCUT2D eigenvalue weighted by Crippen LogP contribution is 1.99. The Labute approximate surface area is 89.3 Å². The van der Waals surface area contributed by atoms with E-state index in [0.717, 1.165) is 0 Å². The van der Waals surface area contributed by atoms with Gasteiger partial charge in [0.05, 0.1) is 12.5 Å². The van der Waals surface area contributed by atoms with Crippen LogP contribution in [0.4, 0.5) is 0 Å². The maximum atomic E-state index is 11.0. The van der Waals surface area contributed by atoms with Crippen LogP contribution in [0, 0.1) is 0 Å². The van der Waals surface area contributed by atoms with Crippen molar-refractivity contribution in [3.05, 3.63) is 0 Å². The fraction of sp³-hybridized carbons (Fsp3) is 0.778. The molecular weight excluding hydrogens is 198 g/mol. The topological polar surface area (TPSA) is 107 Å². The van der Waals surface area contributed by atoms with Gasteiger partial charge in [0.1, 0.15) is 6.23 Å². The number of rotatable bonds is 8. The molecule has 0 aliphatic carbocycles. The van der Waals surface area contributed by atoms with E-state index in [4.69, 9.17) is 16.2 Å². The summed E-state index contributed by atoms with van der Waals surface area (Å²) >= 11 is 0. The minimum atomic E-state index is -0.765. The number of hydrogen-bond acceptors (Lipinski definition) is 4. The average Bonchev–Trinajstić information content (AvgIpc) is 2.14. The number of hydrogen-bond donors (Lipinski definition) is 3. The normalized spacial score (nSPS) is 14.5. The maximum Gasteiger partial charge on any atom is 0.235 e. The minimum absolute atomic E-state index is 0.112. The Hall–Kier alpha value is -1.14. The number of amides is 2. The summed E-state index contributed by atoms with van der Waals surface area (Å²) in [7, 11) is 0. The molecule has 0 aliphatic heterocycles. The summed E-state index contributed by atoms with van der Waals surface area (Å²) in [5, 5.41) is 2.84. The molecule has 0 spiro atoms. The van der Waals surface area contributed by atoms with Gasteiger partial charge < -0.3 is 16.2 Å². The van der Waals surface area contributed by atoms with Gasteiger partial charge in [-0.25, -0.2) is 0 Å². The Kier molecular flexibility index (Phi) is 6.64. The van der Waals surface area contributed by atoms with Crippen molar-refractivity contribution in [2.75, 3.05) is 6.61 Å². The second-order valence-electron chi connectivity index (χ2n) is 3.14. The van der Waals surface area contributed by atoms with Gasteiger partial charge in [-0.15, -0.1) is 0 Å². The molecule has 0 fully saturated rings. The van der Waals surface area contributed by atoms with Crippen molar-refractivity contribution < 1.29 is 14.3 Å². The quantitative estimate of drug-likeness (QED) is 0.457. The van der Waals surface area contributed by atoms with E-state index in [0.29, 0.717) is 13.0 Å². The fourth-order valence-corrected chi connectivity index (χ4v) is 1.15. The van der Waals surface area contributed by atoms with Crippen LogP contribution in [0.3, 0.4) is 0 Å². The monoisotopic (exact) mass is 217 g/mol. The van der Waals surface area contributed by atoms with Crippen LogP contribution in [0.15, 0.2) is 0 Å². The van der Waals surface area contributed by atoms with E-state index in [-0.39, 0.29) is 12.6 Å². The maximum absolute atomic E-state index is 11.0. The Bertz CT molecular complexity index is 221. The first-order valence-electron chi connectivity index (χ1n) is 4.96. The van der Waals surface area contributed by atoms with Crippen molar-refractivity contribution in [2.45, 2.75) is 39.0 Å². The molecule has 0 radical (unpaired) electrons. The van der Waals surface area contributed by atoms with Crippen LogP contribution < -0.4 is 16.8 Å². The molecule has 0 aromatic heterocycles. The van der Waals surface area contributed by atoms with Crippen LogP contribution in [-0.2, 0) is 14.3 Å². The third-order valence-electron chi connectivity index (χ3n) is 1.87. The van der Waals surface area contributed by atoms with Gasteiger partial charge in [-0.2, -0.15) is 0 Å². The highest BCUT2D eigenvalue weighted by Gasteiger charge is 2.20. The van der Waals surface area contributed by atoms with Crippen LogP contribution in [-0.4, -0.2) is 30.7 Å². The van der Waals surface area contributed by atoms with Crippen LogP contribution in [0.2, 0.25) is 0 Å². The van der Waals surface area contributed by atoms with Gasteiger partial charge in [0.25, 0.3) is 0 Å². The number of nitrogens with one attached hydrogen (secondary N) is 1. The van der Waals surface area contributed by atoms with Crippen molar-refractivity contribution >= 4 is 11.8 Å². The molecule has 0 bridgehead atoms. The van der Waals surface area contributed by atoms with Crippen LogP contribution in [0.5, 0.6) is 0 Å². The fourth-order valence-electron chi connectivity index (χ4n) is 1.15. The molecule has 0 aromatic carbocycles. The van der Waals surface area contributed by atoms with E-state index in [9.17, 15) is 9.59 Å². The van der Waals surface area contributed by atoms with Gasteiger partial charge in [-0.1, -0.05) is 6.92 Å². The van der Waals surface area contributed by atoms with E-state index in [1.807, 2.05) is 13.8 Å². The lowest BCUT2D eigenvalue weighted by Gasteiger charge is -2.21. The van der Waals surface area contributed by atoms with Crippen molar-refractivity contribution in [1.29, 1.82) is 0 Å². The molecule has 0 saturated heterocycles. The number of primary amides is 2. The lowest BCUT2D eigenvalue weighted by atomic mass is 10.2. The summed E-state index contributed by atoms with van der Waals surface area (Å²) in [6.45, 7) is 4.26. The van der Waals surface area contributed by atoms with Gasteiger partial charge in [0.15, 0.2) is 0 Å². The Morgan fingerprint density at radius 3 is 2.27 bits per heavy atom. The van der Waals surface area contributed by atoms with Gasteiger partial charge in [-0.3, -0.25) is 14.9 Å². The van der Waals surface area contributed by atoms with Crippen molar-refractivity contribution in [2.24, 2.45) is 11.5 Å². The predicted molar refractivity (Wildman–Crippen MR) is 55.6 cm³/mol. The SMILES string of the molecule is CCOC(CC)N[C@@H](CC(N)=O)C(N)=O. The van der Waals surface area contributed by atoms with Gasteiger partial charge >= 0.3 is 0 Å². The Balaban J connectivity index is 4.24. The van der Waals surface area contributed by atoms with Crippen molar-refractivity contribution in [3.63, 3.8) is 0 Å². The van der Waals surface area contributed by atoms with Crippen LogP contribution in [0.1, 0.15) is 26.7 Å². The molecule has 0 aliphatic rings. The van der Waals surface area contributed by atoms with Crippen LogP contribution in [0.25, 0.3) is 0 Å². The molecule has 0 saturated carbocycles. The van der Waals surface area contributed by atoms with Gasteiger partial charge in [0.2, 0.25) is 11.8 Å². The Morgan fingerprint density at radius 1 is 1.33 bits per heavy atom. The zero-order chi connectivity index (χ0) is 11.8. The summed E-state index contributed by atoms with van der Waals surface area (Å²) < 4.78 is 5.28. The highest BCUT2D eigenvalue weighted by molar-refractivity contribution is 5.86. The number of ether oxygens (including phenoxy) is 1. The van der Waals surface area contributed by atoms with Crippen LogP contribution >= 0.6 is 0 Å². The highest BCUT2D eigenvalue weighted by atomic mass is 16.5. The molecule has 2 amide bonds. The zero-order valence-electron chi connectivity index (χ0n) is 9.16. The number of carbonyl (C=O) groups excluding carboxylic acids is 2. The summed E-state index contributed by atoms with van der Waals surface area (Å²) in [5.74, 6) is -1.18. The minimum Gasteiger partial charge on any atom is -0.370 e. The number of carbonyl (C=O) groups is 2. The van der Waals surface area contributed by atoms with E-state index in [2.05, 4.69) is 5.32 Å². The summed E-state index contributed by atoms with van der Waals surface area (Å²) in [4.78, 5) is 21.7. The van der Waals surface area contributed by atoms with E-state index in [1.54, 1.807) is 0 Å². The first-order valence-corrected chi connectivity index (χ1v) is 4.96. The van der Waals surface area contributed by atoms with E-state index < -0.39 is 17.9 Å². The smallest absolute Gasteiger partial charge is 0.235 e. The molecule has 88 valence electrons. The lowest BCUT2D eigenvalue weighted by molar-refractivity contribution is -0.126.